The largest absolute Gasteiger partial charge is 0.494 e. The third-order valence-electron chi connectivity index (χ3n) is 4.43. The van der Waals surface area contributed by atoms with Gasteiger partial charge in [-0.1, -0.05) is 17.7 Å². The van der Waals surface area contributed by atoms with Crippen LogP contribution in [0.1, 0.15) is 34.2 Å². The summed E-state index contributed by atoms with van der Waals surface area (Å²) in [5.41, 5.74) is 3.49. The van der Waals surface area contributed by atoms with E-state index in [4.69, 9.17) is 25.5 Å². The van der Waals surface area contributed by atoms with Gasteiger partial charge in [0.15, 0.2) is 6.61 Å². The summed E-state index contributed by atoms with van der Waals surface area (Å²) >= 11 is 6.19. The van der Waals surface area contributed by atoms with E-state index in [0.29, 0.717) is 34.2 Å². The normalized spacial score (nSPS) is 10.8. The smallest absolute Gasteiger partial charge is 0.375 e. The maximum atomic E-state index is 12.4. The predicted octanol–water partition coefficient (Wildman–Crippen LogP) is 5.21. The highest BCUT2D eigenvalue weighted by molar-refractivity contribution is 6.34. The molecular weight excluding hydrogens is 394 g/mol. The van der Waals surface area contributed by atoms with E-state index in [9.17, 15) is 9.59 Å². The third kappa shape index (κ3) is 4.54. The van der Waals surface area contributed by atoms with Crippen LogP contribution in [0, 0.1) is 20.8 Å². The van der Waals surface area contributed by atoms with E-state index >= 15 is 0 Å². The molecule has 0 saturated carbocycles. The maximum Gasteiger partial charge on any atom is 0.375 e. The van der Waals surface area contributed by atoms with Crippen molar-refractivity contribution < 1.29 is 23.5 Å². The summed E-state index contributed by atoms with van der Waals surface area (Å²) in [6, 6.07) is 8.97. The van der Waals surface area contributed by atoms with Gasteiger partial charge in [0.05, 0.1) is 17.3 Å². The van der Waals surface area contributed by atoms with Crippen molar-refractivity contribution in [1.82, 2.24) is 0 Å². The Morgan fingerprint density at radius 1 is 1.14 bits per heavy atom. The lowest BCUT2D eigenvalue weighted by Gasteiger charge is -2.11. The fourth-order valence-corrected chi connectivity index (χ4v) is 3.47. The number of ether oxygens (including phenoxy) is 2. The monoisotopic (exact) mass is 415 g/mol. The molecule has 0 bridgehead atoms. The Labute approximate surface area is 173 Å². The average Bonchev–Trinajstić information content (AvgIpc) is 2.99. The average molecular weight is 416 g/mol. The molecule has 0 radical (unpaired) electrons. The number of anilines is 1. The molecule has 3 rings (SSSR count). The highest BCUT2D eigenvalue weighted by atomic mass is 35.5. The molecule has 0 atom stereocenters. The number of fused-ring (bicyclic) bond motifs is 1. The SMILES string of the molecule is CCOc1ccc2oc(C(=O)OCC(=O)Nc3c(C)cc(C)cc3Cl)c(C)c2c1. The van der Waals surface area contributed by atoms with E-state index in [-0.39, 0.29) is 5.76 Å². The zero-order chi connectivity index (χ0) is 21.1. The Morgan fingerprint density at radius 2 is 1.90 bits per heavy atom. The third-order valence-corrected chi connectivity index (χ3v) is 4.73. The second-order valence-corrected chi connectivity index (χ2v) is 7.12. The fourth-order valence-electron chi connectivity index (χ4n) is 3.10. The number of hydrogen-bond donors (Lipinski definition) is 1. The van der Waals surface area contributed by atoms with Crippen LogP contribution < -0.4 is 10.1 Å². The Bertz CT molecular complexity index is 1060. The van der Waals surface area contributed by atoms with Crippen LogP contribution >= 0.6 is 11.6 Å². The molecule has 0 aliphatic carbocycles. The van der Waals surface area contributed by atoms with Crippen LogP contribution in [-0.2, 0) is 9.53 Å². The summed E-state index contributed by atoms with van der Waals surface area (Å²) < 4.78 is 16.2. The lowest BCUT2D eigenvalue weighted by Crippen LogP contribution is -2.21. The van der Waals surface area contributed by atoms with Crippen molar-refractivity contribution in [2.75, 3.05) is 18.5 Å². The summed E-state index contributed by atoms with van der Waals surface area (Å²) in [7, 11) is 0. The minimum atomic E-state index is -0.710. The number of rotatable bonds is 6. The minimum absolute atomic E-state index is 0.0611. The lowest BCUT2D eigenvalue weighted by atomic mass is 10.1. The van der Waals surface area contributed by atoms with E-state index in [1.807, 2.05) is 32.9 Å². The number of furan rings is 1. The van der Waals surface area contributed by atoms with Crippen molar-refractivity contribution in [3.05, 3.63) is 57.8 Å². The van der Waals surface area contributed by atoms with Crippen molar-refractivity contribution in [3.8, 4) is 5.75 Å². The van der Waals surface area contributed by atoms with Crippen molar-refractivity contribution in [3.63, 3.8) is 0 Å². The first kappa shape index (κ1) is 20.7. The summed E-state index contributed by atoms with van der Waals surface area (Å²) in [6.07, 6.45) is 0. The highest BCUT2D eigenvalue weighted by Gasteiger charge is 2.21. The molecule has 3 aromatic rings. The molecule has 0 spiro atoms. The zero-order valence-corrected chi connectivity index (χ0v) is 17.5. The number of esters is 1. The zero-order valence-electron chi connectivity index (χ0n) is 16.7. The first-order valence-corrected chi connectivity index (χ1v) is 9.57. The number of carbonyl (C=O) groups is 2. The summed E-state index contributed by atoms with van der Waals surface area (Å²) in [5, 5.41) is 3.87. The molecule has 0 aliphatic rings. The van der Waals surface area contributed by atoms with Crippen LogP contribution in [0.4, 0.5) is 5.69 Å². The van der Waals surface area contributed by atoms with Gasteiger partial charge in [-0.25, -0.2) is 4.79 Å². The molecule has 2 aromatic carbocycles. The quantitative estimate of drug-likeness (QED) is 0.559. The van der Waals surface area contributed by atoms with Gasteiger partial charge in [0.25, 0.3) is 5.91 Å². The second-order valence-electron chi connectivity index (χ2n) is 6.71. The molecule has 29 heavy (non-hydrogen) atoms. The van der Waals surface area contributed by atoms with E-state index in [1.54, 1.807) is 25.1 Å². The van der Waals surface area contributed by atoms with Gasteiger partial charge in [0.1, 0.15) is 11.3 Å². The van der Waals surface area contributed by atoms with E-state index < -0.39 is 18.5 Å². The van der Waals surface area contributed by atoms with Crippen LogP contribution in [0.5, 0.6) is 5.75 Å². The van der Waals surface area contributed by atoms with Gasteiger partial charge in [-0.15, -0.1) is 0 Å². The van der Waals surface area contributed by atoms with Gasteiger partial charge >= 0.3 is 5.97 Å². The predicted molar refractivity (Wildman–Crippen MR) is 112 cm³/mol. The maximum absolute atomic E-state index is 12.4. The molecule has 1 aromatic heterocycles. The van der Waals surface area contributed by atoms with Crippen molar-refractivity contribution >= 4 is 40.1 Å². The van der Waals surface area contributed by atoms with E-state index in [0.717, 1.165) is 16.5 Å². The van der Waals surface area contributed by atoms with Gasteiger partial charge in [-0.05, 0) is 63.1 Å². The molecule has 1 amide bonds. The number of amides is 1. The van der Waals surface area contributed by atoms with Crippen molar-refractivity contribution in [1.29, 1.82) is 0 Å². The molecule has 7 heteroatoms. The Morgan fingerprint density at radius 3 is 2.59 bits per heavy atom. The highest BCUT2D eigenvalue weighted by Crippen LogP contribution is 2.30. The molecule has 1 N–H and O–H groups in total. The van der Waals surface area contributed by atoms with Crippen LogP contribution in [0.2, 0.25) is 5.02 Å². The Hall–Kier alpha value is -2.99. The van der Waals surface area contributed by atoms with Crippen LogP contribution in [0.3, 0.4) is 0 Å². The van der Waals surface area contributed by atoms with E-state index in [1.165, 1.54) is 0 Å². The van der Waals surface area contributed by atoms with Crippen molar-refractivity contribution in [2.24, 2.45) is 0 Å². The summed E-state index contributed by atoms with van der Waals surface area (Å²) in [4.78, 5) is 24.6. The molecule has 0 fully saturated rings. The number of nitrogens with one attached hydrogen (secondary N) is 1. The first-order valence-electron chi connectivity index (χ1n) is 9.19. The minimum Gasteiger partial charge on any atom is -0.494 e. The molecule has 152 valence electrons. The second kappa shape index (κ2) is 8.57. The Kier molecular flexibility index (Phi) is 6.13. The molecule has 0 saturated heterocycles. The number of carbonyl (C=O) groups excluding carboxylic acids is 2. The number of aryl methyl sites for hydroxylation is 3. The van der Waals surface area contributed by atoms with Crippen LogP contribution in [0.25, 0.3) is 11.0 Å². The van der Waals surface area contributed by atoms with Gasteiger partial charge in [0.2, 0.25) is 5.76 Å². The van der Waals surface area contributed by atoms with Crippen LogP contribution in [-0.4, -0.2) is 25.1 Å². The molecule has 0 aliphatic heterocycles. The molecular formula is C22H22ClNO5. The molecule has 6 nitrogen and oxygen atoms in total. The fraction of sp³-hybridized carbons (Fsp3) is 0.273. The summed E-state index contributed by atoms with van der Waals surface area (Å²) in [6.45, 7) is 7.49. The van der Waals surface area contributed by atoms with Gasteiger partial charge < -0.3 is 19.2 Å². The van der Waals surface area contributed by atoms with Gasteiger partial charge in [-0.2, -0.15) is 0 Å². The van der Waals surface area contributed by atoms with Crippen molar-refractivity contribution in [2.45, 2.75) is 27.7 Å². The molecule has 1 heterocycles. The first-order chi connectivity index (χ1) is 13.8. The summed E-state index contributed by atoms with van der Waals surface area (Å²) in [5.74, 6) is -0.447. The molecule has 0 unspecified atom stereocenters. The Balaban J connectivity index is 1.69. The number of benzene rings is 2. The number of hydrogen-bond acceptors (Lipinski definition) is 5. The van der Waals surface area contributed by atoms with Gasteiger partial charge in [-0.3, -0.25) is 4.79 Å². The number of halogens is 1. The lowest BCUT2D eigenvalue weighted by molar-refractivity contribution is -0.119. The topological polar surface area (TPSA) is 77.8 Å². The standard InChI is InChI=1S/C22H22ClNO5/c1-5-27-15-6-7-18-16(10-15)14(4)21(29-18)22(26)28-11-19(25)24-20-13(3)8-12(2)9-17(20)23/h6-10H,5,11H2,1-4H3,(H,24,25). The van der Waals surface area contributed by atoms with E-state index in [2.05, 4.69) is 5.32 Å². The van der Waals surface area contributed by atoms with Gasteiger partial charge in [0, 0.05) is 10.9 Å². The van der Waals surface area contributed by atoms with Crippen LogP contribution in [0.15, 0.2) is 34.7 Å².